The van der Waals surface area contributed by atoms with Gasteiger partial charge in [0.05, 0.1) is 11.4 Å². The van der Waals surface area contributed by atoms with Crippen molar-refractivity contribution in [3.63, 3.8) is 0 Å². The number of amides is 1. The molecule has 1 aromatic carbocycles. The number of pyridine rings is 1. The van der Waals surface area contributed by atoms with Gasteiger partial charge in [0, 0.05) is 42.3 Å². The maximum Gasteiger partial charge on any atom is 0.263 e. The van der Waals surface area contributed by atoms with Crippen LogP contribution in [0.1, 0.15) is 45.8 Å². The number of fused-ring (bicyclic) bond motifs is 4. The highest BCUT2D eigenvalue weighted by molar-refractivity contribution is 7.21. The fourth-order valence-corrected chi connectivity index (χ4v) is 6.71. The number of carbonyl (C=O) groups is 1. The number of carbonyl (C=O) groups excluding carboxylic acids is 1. The van der Waals surface area contributed by atoms with E-state index < -0.39 is 0 Å². The minimum absolute atomic E-state index is 0.0374. The summed E-state index contributed by atoms with van der Waals surface area (Å²) in [6.07, 6.45) is 4.33. The molecule has 3 aromatic rings. The average molecular weight is 466 g/mol. The van der Waals surface area contributed by atoms with Crippen LogP contribution in [-0.2, 0) is 12.8 Å². The second-order valence-corrected chi connectivity index (χ2v) is 10.6. The molecule has 4 heterocycles. The van der Waals surface area contributed by atoms with E-state index >= 15 is 4.39 Å². The van der Waals surface area contributed by atoms with Gasteiger partial charge in [-0.15, -0.1) is 11.3 Å². The average Bonchev–Trinajstić information content (AvgIpc) is 3.31. The molecule has 2 aliphatic heterocycles. The fourth-order valence-electron chi connectivity index (χ4n) is 5.67. The number of hydrogen-bond donors (Lipinski definition) is 3. The molecule has 8 heteroatoms. The molecule has 3 aliphatic rings. The first-order valence-electron chi connectivity index (χ1n) is 11.7. The lowest BCUT2D eigenvalue weighted by Crippen LogP contribution is -2.51. The lowest BCUT2D eigenvalue weighted by molar-refractivity contribution is 0.0938. The number of thiophene rings is 1. The minimum Gasteiger partial charge on any atom is -0.397 e. The van der Waals surface area contributed by atoms with E-state index in [2.05, 4.69) is 26.6 Å². The van der Waals surface area contributed by atoms with Crippen LogP contribution in [0.3, 0.4) is 0 Å². The predicted molar refractivity (Wildman–Crippen MR) is 131 cm³/mol. The molecule has 0 saturated carbocycles. The van der Waals surface area contributed by atoms with Gasteiger partial charge in [0.15, 0.2) is 0 Å². The molecular weight excluding hydrogens is 437 g/mol. The number of nitrogens with one attached hydrogen (secondary N) is 2. The van der Waals surface area contributed by atoms with Crippen molar-refractivity contribution in [2.45, 2.75) is 57.2 Å². The van der Waals surface area contributed by atoms with Gasteiger partial charge in [0.2, 0.25) is 0 Å². The van der Waals surface area contributed by atoms with Crippen LogP contribution in [0.4, 0.5) is 15.8 Å². The van der Waals surface area contributed by atoms with Crippen molar-refractivity contribution in [3.05, 3.63) is 51.8 Å². The van der Waals surface area contributed by atoms with E-state index in [1.165, 1.54) is 24.2 Å². The molecule has 2 unspecified atom stereocenters. The van der Waals surface area contributed by atoms with Crippen molar-refractivity contribution in [3.8, 4) is 0 Å². The zero-order valence-electron chi connectivity index (χ0n) is 18.7. The van der Waals surface area contributed by atoms with Crippen molar-refractivity contribution in [2.24, 2.45) is 0 Å². The molecule has 6 rings (SSSR count). The Morgan fingerprint density at radius 2 is 2.00 bits per heavy atom. The molecule has 2 fully saturated rings. The molecular formula is C25H28FN5OS. The topological polar surface area (TPSA) is 83.3 Å². The molecule has 6 nitrogen and oxygen atoms in total. The molecule has 1 amide bonds. The number of nitrogen functional groups attached to an aromatic ring is 1. The molecule has 3 atom stereocenters. The first-order valence-corrected chi connectivity index (χ1v) is 12.6. The normalized spacial score (nSPS) is 24.2. The smallest absolute Gasteiger partial charge is 0.263 e. The standard InChI is InChI=1S/C25H28FN5OS/c1-13-2-7-19-22(27)23(33-25(19)28-13)24(32)30-15-6-8-18-14(10-15)3-9-20(21(18)26)31-11-16-4-5-17(12-31)29-16/h2-3,7,9,15-17,29H,4-6,8,10-12,27H2,1H3,(H,30,32)/t15-,16?,17?/m1/s1. The number of aryl methyl sites for hydroxylation is 1. The van der Waals surface area contributed by atoms with E-state index in [0.29, 0.717) is 41.9 Å². The minimum atomic E-state index is -0.171. The predicted octanol–water partition coefficient (Wildman–Crippen LogP) is 3.55. The van der Waals surface area contributed by atoms with Gasteiger partial charge in [-0.2, -0.15) is 0 Å². The summed E-state index contributed by atoms with van der Waals surface area (Å²) in [5.41, 5.74) is 10.2. The quantitative estimate of drug-likeness (QED) is 0.551. The molecule has 4 N–H and O–H groups in total. The number of nitrogens with two attached hydrogens (primary N) is 1. The van der Waals surface area contributed by atoms with E-state index in [4.69, 9.17) is 5.73 Å². The summed E-state index contributed by atoms with van der Waals surface area (Å²) in [4.78, 5) is 21.0. The summed E-state index contributed by atoms with van der Waals surface area (Å²) < 4.78 is 15.5. The third kappa shape index (κ3) is 3.65. The zero-order chi connectivity index (χ0) is 22.7. The van der Waals surface area contributed by atoms with Crippen LogP contribution >= 0.6 is 11.3 Å². The largest absolute Gasteiger partial charge is 0.397 e. The summed E-state index contributed by atoms with van der Waals surface area (Å²) in [6, 6.07) is 8.71. The van der Waals surface area contributed by atoms with Gasteiger partial charge in [-0.05, 0) is 68.4 Å². The number of nitrogens with zero attached hydrogens (tertiary/aromatic N) is 2. The van der Waals surface area contributed by atoms with Crippen LogP contribution in [0.2, 0.25) is 0 Å². The van der Waals surface area contributed by atoms with Crippen molar-refractivity contribution < 1.29 is 9.18 Å². The Morgan fingerprint density at radius 1 is 1.21 bits per heavy atom. The van der Waals surface area contributed by atoms with Crippen molar-refractivity contribution in [1.82, 2.24) is 15.6 Å². The van der Waals surface area contributed by atoms with Crippen molar-refractivity contribution in [1.29, 1.82) is 0 Å². The van der Waals surface area contributed by atoms with Gasteiger partial charge in [-0.3, -0.25) is 4.79 Å². The highest BCUT2D eigenvalue weighted by Gasteiger charge is 2.34. The number of benzene rings is 1. The van der Waals surface area contributed by atoms with Gasteiger partial charge < -0.3 is 21.3 Å². The van der Waals surface area contributed by atoms with Crippen LogP contribution in [0.5, 0.6) is 0 Å². The Bertz CT molecular complexity index is 1250. The molecule has 33 heavy (non-hydrogen) atoms. The van der Waals surface area contributed by atoms with Gasteiger partial charge in [-0.1, -0.05) is 6.07 Å². The molecule has 172 valence electrons. The van der Waals surface area contributed by atoms with Gasteiger partial charge in [-0.25, -0.2) is 9.37 Å². The number of halogens is 1. The first-order chi connectivity index (χ1) is 16.0. The maximum atomic E-state index is 15.5. The second kappa shape index (κ2) is 7.95. The highest BCUT2D eigenvalue weighted by atomic mass is 32.1. The highest BCUT2D eigenvalue weighted by Crippen LogP contribution is 2.35. The molecule has 0 radical (unpaired) electrons. The summed E-state index contributed by atoms with van der Waals surface area (Å²) in [7, 11) is 0. The van der Waals surface area contributed by atoms with Gasteiger partial charge in [0.25, 0.3) is 5.91 Å². The Hall–Kier alpha value is -2.71. The SMILES string of the molecule is Cc1ccc2c(N)c(C(=O)N[C@@H]3CCc4c(ccc(N5CC6CCC(C5)N6)c4F)C3)sc2n1. The molecule has 0 spiro atoms. The van der Waals surface area contributed by atoms with E-state index in [9.17, 15) is 4.79 Å². The summed E-state index contributed by atoms with van der Waals surface area (Å²) in [5, 5.41) is 7.56. The Kier molecular flexibility index (Phi) is 5.03. The number of rotatable bonds is 3. The number of anilines is 2. The van der Waals surface area contributed by atoms with Crippen LogP contribution in [0.25, 0.3) is 10.2 Å². The fraction of sp³-hybridized carbons (Fsp3) is 0.440. The Morgan fingerprint density at radius 3 is 2.79 bits per heavy atom. The monoisotopic (exact) mass is 465 g/mol. The van der Waals surface area contributed by atoms with Crippen molar-refractivity contribution in [2.75, 3.05) is 23.7 Å². The Balaban J connectivity index is 1.18. The van der Waals surface area contributed by atoms with E-state index in [-0.39, 0.29) is 17.8 Å². The molecule has 2 bridgehead atoms. The van der Waals surface area contributed by atoms with Crippen molar-refractivity contribution >= 4 is 38.8 Å². The number of hydrogen-bond acceptors (Lipinski definition) is 6. The molecule has 1 aliphatic carbocycles. The molecule has 2 aromatic heterocycles. The summed E-state index contributed by atoms with van der Waals surface area (Å²) in [5.74, 6) is -0.247. The lowest BCUT2D eigenvalue weighted by atomic mass is 9.87. The number of aromatic nitrogens is 1. The van der Waals surface area contributed by atoms with Crippen LogP contribution in [0.15, 0.2) is 24.3 Å². The Labute approximate surface area is 196 Å². The number of piperazine rings is 1. The van der Waals surface area contributed by atoms with Gasteiger partial charge in [0.1, 0.15) is 15.5 Å². The second-order valence-electron chi connectivity index (χ2n) is 9.64. The lowest BCUT2D eigenvalue weighted by Gasteiger charge is -2.36. The van der Waals surface area contributed by atoms with E-state index in [0.717, 1.165) is 45.8 Å². The van der Waals surface area contributed by atoms with Crippen LogP contribution in [-0.4, -0.2) is 42.1 Å². The zero-order valence-corrected chi connectivity index (χ0v) is 19.5. The van der Waals surface area contributed by atoms with E-state index in [1.54, 1.807) is 0 Å². The molecule has 2 saturated heterocycles. The summed E-state index contributed by atoms with van der Waals surface area (Å²) in [6.45, 7) is 3.66. The summed E-state index contributed by atoms with van der Waals surface area (Å²) >= 11 is 1.33. The third-order valence-electron chi connectivity index (χ3n) is 7.36. The first kappa shape index (κ1) is 20.9. The maximum absolute atomic E-state index is 15.5. The van der Waals surface area contributed by atoms with E-state index in [1.807, 2.05) is 25.1 Å². The third-order valence-corrected chi connectivity index (χ3v) is 8.47. The van der Waals surface area contributed by atoms with Gasteiger partial charge >= 0.3 is 0 Å². The van der Waals surface area contributed by atoms with Crippen LogP contribution in [0, 0.1) is 12.7 Å². The van der Waals surface area contributed by atoms with Crippen LogP contribution < -0.4 is 21.3 Å².